The van der Waals surface area contributed by atoms with E-state index in [1.165, 1.54) is 4.90 Å². The second-order valence-electron chi connectivity index (χ2n) is 9.32. The lowest BCUT2D eigenvalue weighted by molar-refractivity contribution is -0.122. The summed E-state index contributed by atoms with van der Waals surface area (Å²) in [5.74, 6) is -1.26. The van der Waals surface area contributed by atoms with Gasteiger partial charge in [-0.15, -0.1) is 0 Å². The zero-order valence-electron chi connectivity index (χ0n) is 21.3. The molecule has 3 aromatic rings. The molecule has 0 saturated heterocycles. The minimum atomic E-state index is -0.982. The third-order valence-electron chi connectivity index (χ3n) is 6.13. The van der Waals surface area contributed by atoms with Crippen molar-refractivity contribution in [3.8, 4) is 0 Å². The van der Waals surface area contributed by atoms with Crippen LogP contribution in [0.2, 0.25) is 0 Å². The van der Waals surface area contributed by atoms with Gasteiger partial charge in [0.15, 0.2) is 5.69 Å². The number of nitrogens with zero attached hydrogens (tertiary/aromatic N) is 2. The summed E-state index contributed by atoms with van der Waals surface area (Å²) in [6.07, 6.45) is 0.799. The molecule has 0 saturated carbocycles. The van der Waals surface area contributed by atoms with Gasteiger partial charge in [0, 0.05) is 12.2 Å². The van der Waals surface area contributed by atoms with Gasteiger partial charge < -0.3 is 16.8 Å². The van der Waals surface area contributed by atoms with Crippen LogP contribution in [0, 0.1) is 26.7 Å². The number of nitrogen functional groups attached to an aromatic ring is 1. The van der Waals surface area contributed by atoms with Crippen LogP contribution in [0.4, 0.5) is 11.4 Å². The van der Waals surface area contributed by atoms with Gasteiger partial charge in [0.1, 0.15) is 10.9 Å². The molecule has 1 aromatic heterocycles. The topological polar surface area (TPSA) is 131 Å². The largest absolute Gasteiger partial charge is 0.395 e. The van der Waals surface area contributed by atoms with Crippen LogP contribution in [0.1, 0.15) is 68.7 Å². The molecule has 9 heteroatoms. The number of carbonyl (C=O) groups is 3. The molecule has 3 amide bonds. The summed E-state index contributed by atoms with van der Waals surface area (Å²) in [5.41, 5.74) is 15.3. The van der Waals surface area contributed by atoms with Crippen molar-refractivity contribution in [1.82, 2.24) is 9.69 Å². The molecule has 190 valence electrons. The molecular weight excluding hydrogens is 474 g/mol. The average molecular weight is 508 g/mol. The van der Waals surface area contributed by atoms with E-state index >= 15 is 0 Å². The quantitative estimate of drug-likeness (QED) is 0.397. The molecule has 0 aliphatic heterocycles. The van der Waals surface area contributed by atoms with Gasteiger partial charge >= 0.3 is 0 Å². The first-order chi connectivity index (χ1) is 17.0. The van der Waals surface area contributed by atoms with Crippen molar-refractivity contribution in [1.29, 1.82) is 0 Å². The SMILES string of the molecule is Cc1ccc([C@@H](C(=O)NCCC(C)C)N(C(=O)c2snc(C(N)=O)c2N)c2cccc(C)c2C)cc1. The van der Waals surface area contributed by atoms with Gasteiger partial charge in [-0.1, -0.05) is 55.8 Å². The van der Waals surface area contributed by atoms with Crippen molar-refractivity contribution < 1.29 is 14.4 Å². The van der Waals surface area contributed by atoms with Crippen LogP contribution in [0.3, 0.4) is 0 Å². The number of benzene rings is 2. The van der Waals surface area contributed by atoms with E-state index in [1.54, 1.807) is 6.07 Å². The minimum Gasteiger partial charge on any atom is -0.395 e. The number of hydrogen-bond donors (Lipinski definition) is 3. The maximum Gasteiger partial charge on any atom is 0.273 e. The fourth-order valence-electron chi connectivity index (χ4n) is 3.85. The Kier molecular flexibility index (Phi) is 8.47. The Morgan fingerprint density at radius 3 is 2.31 bits per heavy atom. The number of rotatable bonds is 9. The zero-order chi connectivity index (χ0) is 26.6. The number of anilines is 2. The maximum absolute atomic E-state index is 14.1. The summed E-state index contributed by atoms with van der Waals surface area (Å²) in [7, 11) is 0. The first-order valence-electron chi connectivity index (χ1n) is 11.8. The van der Waals surface area contributed by atoms with Gasteiger partial charge in [-0.05, 0) is 67.4 Å². The van der Waals surface area contributed by atoms with E-state index in [0.717, 1.165) is 34.6 Å². The Bertz CT molecular complexity index is 1270. The number of nitrogens with one attached hydrogen (secondary N) is 1. The summed E-state index contributed by atoms with van der Waals surface area (Å²) >= 11 is 0.795. The van der Waals surface area contributed by atoms with Gasteiger partial charge in [0.25, 0.3) is 11.8 Å². The second-order valence-corrected chi connectivity index (χ2v) is 10.1. The molecular formula is C27H33N5O3S. The predicted octanol–water partition coefficient (Wildman–Crippen LogP) is 4.30. The van der Waals surface area contributed by atoms with E-state index in [2.05, 4.69) is 23.5 Å². The minimum absolute atomic E-state index is 0.0526. The highest BCUT2D eigenvalue weighted by Crippen LogP contribution is 2.35. The Labute approximate surface area is 215 Å². The fraction of sp³-hybridized carbons (Fsp3) is 0.333. The smallest absolute Gasteiger partial charge is 0.273 e. The summed E-state index contributed by atoms with van der Waals surface area (Å²) < 4.78 is 4.00. The highest BCUT2D eigenvalue weighted by molar-refractivity contribution is 7.09. The Hall–Kier alpha value is -3.72. The highest BCUT2D eigenvalue weighted by Gasteiger charge is 2.36. The van der Waals surface area contributed by atoms with Gasteiger partial charge in [0.05, 0.1) is 5.69 Å². The van der Waals surface area contributed by atoms with Gasteiger partial charge in [-0.25, -0.2) is 0 Å². The third kappa shape index (κ3) is 5.73. The van der Waals surface area contributed by atoms with Crippen molar-refractivity contribution in [2.45, 2.75) is 47.1 Å². The van der Waals surface area contributed by atoms with Crippen LogP contribution < -0.4 is 21.7 Å². The number of amides is 3. The van der Waals surface area contributed by atoms with Crippen LogP contribution in [-0.4, -0.2) is 28.6 Å². The molecule has 8 nitrogen and oxygen atoms in total. The number of hydrogen-bond acceptors (Lipinski definition) is 6. The van der Waals surface area contributed by atoms with Gasteiger partial charge in [-0.3, -0.25) is 19.3 Å². The Morgan fingerprint density at radius 2 is 1.72 bits per heavy atom. The van der Waals surface area contributed by atoms with Gasteiger partial charge in [-0.2, -0.15) is 4.37 Å². The van der Waals surface area contributed by atoms with E-state index in [0.29, 0.717) is 23.7 Å². The Balaban J connectivity index is 2.21. The molecule has 1 atom stereocenters. The summed E-state index contributed by atoms with van der Waals surface area (Å²) in [6.45, 7) is 10.4. The molecule has 1 heterocycles. The van der Waals surface area contributed by atoms with E-state index in [4.69, 9.17) is 11.5 Å². The van der Waals surface area contributed by atoms with Gasteiger partial charge in [0.2, 0.25) is 5.91 Å². The number of carbonyl (C=O) groups excluding carboxylic acids is 3. The van der Waals surface area contributed by atoms with Crippen LogP contribution in [0.15, 0.2) is 42.5 Å². The Morgan fingerprint density at radius 1 is 1.06 bits per heavy atom. The number of nitrogens with two attached hydrogens (primary N) is 2. The molecule has 0 spiro atoms. The van der Waals surface area contributed by atoms with E-state index in [1.807, 2.05) is 57.2 Å². The van der Waals surface area contributed by atoms with Crippen molar-refractivity contribution in [3.05, 3.63) is 75.3 Å². The van der Waals surface area contributed by atoms with Crippen LogP contribution in [0.25, 0.3) is 0 Å². The van der Waals surface area contributed by atoms with Crippen molar-refractivity contribution in [3.63, 3.8) is 0 Å². The molecule has 36 heavy (non-hydrogen) atoms. The van der Waals surface area contributed by atoms with Crippen LogP contribution >= 0.6 is 11.5 Å². The lowest BCUT2D eigenvalue weighted by Crippen LogP contribution is -2.44. The monoisotopic (exact) mass is 507 g/mol. The summed E-state index contributed by atoms with van der Waals surface area (Å²) in [6, 6.07) is 12.1. The molecule has 0 unspecified atom stereocenters. The molecule has 0 fully saturated rings. The fourth-order valence-corrected chi connectivity index (χ4v) is 4.59. The standard InChI is InChI=1S/C27H33N5O3S/c1-15(2)13-14-30-26(34)23(19-11-9-16(3)10-12-19)32(20-8-6-7-17(4)18(20)5)27(35)24-21(28)22(25(29)33)31-36-24/h6-12,15,23H,13-14,28H2,1-5H3,(H2,29,33)(H,30,34)/t23-/m0/s1. The average Bonchev–Trinajstić information content (AvgIpc) is 3.21. The number of primary amides is 1. The second kappa shape index (κ2) is 11.3. The number of aryl methyl sites for hydroxylation is 2. The lowest BCUT2D eigenvalue weighted by atomic mass is 9.99. The van der Waals surface area contributed by atoms with Crippen LogP contribution in [0.5, 0.6) is 0 Å². The zero-order valence-corrected chi connectivity index (χ0v) is 22.1. The maximum atomic E-state index is 14.1. The van der Waals surface area contributed by atoms with Crippen LogP contribution in [-0.2, 0) is 4.79 Å². The number of aromatic nitrogens is 1. The molecule has 0 radical (unpaired) electrons. The van der Waals surface area contributed by atoms with Crippen molar-refractivity contribution in [2.75, 3.05) is 17.2 Å². The normalized spacial score (nSPS) is 11.8. The molecule has 0 bridgehead atoms. The lowest BCUT2D eigenvalue weighted by Gasteiger charge is -2.33. The summed E-state index contributed by atoms with van der Waals surface area (Å²) in [5, 5.41) is 3.01. The predicted molar refractivity (Wildman–Crippen MR) is 144 cm³/mol. The molecule has 2 aromatic carbocycles. The van der Waals surface area contributed by atoms with Crippen molar-refractivity contribution in [2.24, 2.45) is 11.7 Å². The molecule has 0 aliphatic carbocycles. The first kappa shape index (κ1) is 26.9. The molecule has 0 aliphatic rings. The molecule has 5 N–H and O–H groups in total. The molecule has 3 rings (SSSR count). The highest BCUT2D eigenvalue weighted by atomic mass is 32.1. The first-order valence-corrected chi connectivity index (χ1v) is 12.6. The third-order valence-corrected chi connectivity index (χ3v) is 6.98. The summed E-state index contributed by atoms with van der Waals surface area (Å²) in [4.78, 5) is 41.1. The van der Waals surface area contributed by atoms with E-state index in [9.17, 15) is 14.4 Å². The van der Waals surface area contributed by atoms with Crippen molar-refractivity contribution >= 4 is 40.6 Å². The van der Waals surface area contributed by atoms with E-state index < -0.39 is 17.9 Å². The van der Waals surface area contributed by atoms with E-state index in [-0.39, 0.29) is 22.2 Å².